The van der Waals surface area contributed by atoms with Crippen molar-refractivity contribution in [1.82, 2.24) is 14.4 Å². The van der Waals surface area contributed by atoms with Gasteiger partial charge in [0, 0.05) is 18.5 Å². The van der Waals surface area contributed by atoms with Crippen LogP contribution in [-0.2, 0) is 0 Å². The molecule has 0 unspecified atom stereocenters. The highest BCUT2D eigenvalue weighted by Crippen LogP contribution is 2.35. The Morgan fingerprint density at radius 1 is 1.15 bits per heavy atom. The maximum atomic E-state index is 12.6. The summed E-state index contributed by atoms with van der Waals surface area (Å²) < 4.78 is 7.32. The molecule has 0 saturated heterocycles. The highest BCUT2D eigenvalue weighted by molar-refractivity contribution is 7.20. The lowest BCUT2D eigenvalue weighted by atomic mass is 10.2. The van der Waals surface area contributed by atoms with Crippen molar-refractivity contribution in [3.63, 3.8) is 0 Å². The number of benzene rings is 1. The van der Waals surface area contributed by atoms with Crippen LogP contribution in [0.3, 0.4) is 0 Å². The summed E-state index contributed by atoms with van der Waals surface area (Å²) in [4.78, 5) is 23.3. The largest absolute Gasteiger partial charge is 0.497 e. The average Bonchev–Trinajstić information content (AvgIpc) is 3.53. The van der Waals surface area contributed by atoms with E-state index in [-0.39, 0.29) is 5.91 Å². The molecule has 166 valence electrons. The van der Waals surface area contributed by atoms with Crippen LogP contribution in [0.15, 0.2) is 60.9 Å². The van der Waals surface area contributed by atoms with Crippen molar-refractivity contribution < 1.29 is 9.53 Å². The number of pyridine rings is 1. The third-order valence-corrected chi connectivity index (χ3v) is 6.93. The molecule has 0 spiro atoms. The third kappa shape index (κ3) is 4.13. The van der Waals surface area contributed by atoms with E-state index in [9.17, 15) is 4.79 Å². The third-order valence-electron chi connectivity index (χ3n) is 5.02. The maximum absolute atomic E-state index is 12.6. The van der Waals surface area contributed by atoms with E-state index < -0.39 is 0 Å². The Balaban J connectivity index is 1.34. The van der Waals surface area contributed by atoms with Crippen molar-refractivity contribution in [3.8, 4) is 16.3 Å². The van der Waals surface area contributed by atoms with Gasteiger partial charge in [0.25, 0.3) is 5.91 Å². The quantitative estimate of drug-likeness (QED) is 0.283. The summed E-state index contributed by atoms with van der Waals surface area (Å²) in [5.41, 5.74) is 9.75. The van der Waals surface area contributed by atoms with Crippen LogP contribution in [0.1, 0.15) is 15.4 Å². The molecule has 0 aliphatic carbocycles. The molecule has 4 heterocycles. The Morgan fingerprint density at radius 3 is 2.82 bits per heavy atom. The molecule has 0 fully saturated rings. The van der Waals surface area contributed by atoms with Crippen LogP contribution in [0.2, 0.25) is 0 Å². The zero-order chi connectivity index (χ0) is 22.9. The van der Waals surface area contributed by atoms with E-state index in [0.717, 1.165) is 37.8 Å². The molecule has 4 N–H and O–H groups in total. The number of carbonyl (C=O) groups is 1. The van der Waals surface area contributed by atoms with Gasteiger partial charge in [-0.05, 0) is 37.3 Å². The molecule has 0 atom stereocenters. The van der Waals surface area contributed by atoms with Crippen LogP contribution in [-0.4, -0.2) is 27.4 Å². The first kappa shape index (κ1) is 21.0. The molecular formula is C23H20N6O2S2. The summed E-state index contributed by atoms with van der Waals surface area (Å²) in [5.74, 6) is 0.556. The number of hydrogen-bond acceptors (Lipinski definition) is 8. The number of nitrogens with two attached hydrogens (primary N) is 1. The molecule has 5 aromatic rings. The van der Waals surface area contributed by atoms with Gasteiger partial charge in [0.15, 0.2) is 5.13 Å². The van der Waals surface area contributed by atoms with Gasteiger partial charge in [-0.15, -0.1) is 11.3 Å². The van der Waals surface area contributed by atoms with E-state index in [1.165, 1.54) is 22.7 Å². The van der Waals surface area contributed by atoms with Crippen molar-refractivity contribution in [2.75, 3.05) is 23.5 Å². The molecular weight excluding hydrogens is 456 g/mol. The summed E-state index contributed by atoms with van der Waals surface area (Å²) in [7, 11) is 1.64. The van der Waals surface area contributed by atoms with Crippen LogP contribution in [0, 0.1) is 6.92 Å². The van der Waals surface area contributed by atoms with E-state index in [1.54, 1.807) is 25.3 Å². The standard InChI is InChI=1S/C23H20N6O2S2/c1-13-21(29-10-9-14(31-2)11-19(29)26-13)18-12-25-23(33-18)28-20-8-7-17(32-20)22(30)27-16-6-4-3-5-15(16)24/h3-12H,24H2,1-2H3,(H,25,28)(H,27,30). The molecule has 4 aromatic heterocycles. The summed E-state index contributed by atoms with van der Waals surface area (Å²) in [6.07, 6.45) is 3.77. The van der Waals surface area contributed by atoms with Crippen molar-refractivity contribution in [2.24, 2.45) is 0 Å². The van der Waals surface area contributed by atoms with Gasteiger partial charge in [0.05, 0.1) is 44.6 Å². The number of ether oxygens (including phenoxy) is 1. The second kappa shape index (κ2) is 8.57. The van der Waals surface area contributed by atoms with Gasteiger partial charge in [-0.2, -0.15) is 0 Å². The highest BCUT2D eigenvalue weighted by atomic mass is 32.1. The number of nitrogens with one attached hydrogen (secondary N) is 2. The van der Waals surface area contributed by atoms with Gasteiger partial charge in [-0.3, -0.25) is 9.20 Å². The SMILES string of the molecule is COc1ccn2c(-c3cnc(Nc4ccc(C(=O)Nc5ccccc5N)s4)s3)c(C)nc2c1. The number of imidazole rings is 1. The maximum Gasteiger partial charge on any atom is 0.265 e. The predicted octanol–water partition coefficient (Wildman–Crippen LogP) is 5.41. The molecule has 0 saturated carbocycles. The number of thiophene rings is 1. The molecule has 8 nitrogen and oxygen atoms in total. The number of amides is 1. The molecule has 1 amide bonds. The van der Waals surface area contributed by atoms with Gasteiger partial charge in [0.2, 0.25) is 0 Å². The number of nitrogen functional groups attached to an aromatic ring is 1. The van der Waals surface area contributed by atoms with Gasteiger partial charge in [-0.25, -0.2) is 9.97 Å². The fraction of sp³-hybridized carbons (Fsp3) is 0.0870. The number of carbonyl (C=O) groups excluding carboxylic acids is 1. The van der Waals surface area contributed by atoms with E-state index in [4.69, 9.17) is 10.5 Å². The number of anilines is 4. The number of hydrogen-bond donors (Lipinski definition) is 3. The molecule has 0 aliphatic heterocycles. The molecule has 0 bridgehead atoms. The molecule has 0 radical (unpaired) electrons. The number of thiazole rings is 1. The Labute approximate surface area is 197 Å². The fourth-order valence-corrected chi connectivity index (χ4v) is 5.22. The molecule has 10 heteroatoms. The number of methoxy groups -OCH3 is 1. The lowest BCUT2D eigenvalue weighted by Gasteiger charge is -2.06. The zero-order valence-corrected chi connectivity index (χ0v) is 19.5. The molecule has 1 aromatic carbocycles. The minimum absolute atomic E-state index is 0.206. The predicted molar refractivity (Wildman–Crippen MR) is 134 cm³/mol. The van der Waals surface area contributed by atoms with Crippen LogP contribution in [0.4, 0.5) is 21.5 Å². The number of aryl methyl sites for hydroxylation is 1. The number of nitrogens with zero attached hydrogens (tertiary/aromatic N) is 3. The normalized spacial score (nSPS) is 11.0. The lowest BCUT2D eigenvalue weighted by molar-refractivity contribution is 0.103. The number of para-hydroxylation sites is 2. The lowest BCUT2D eigenvalue weighted by Crippen LogP contribution is -2.11. The van der Waals surface area contributed by atoms with Crippen molar-refractivity contribution in [1.29, 1.82) is 0 Å². The second-order valence-corrected chi connectivity index (χ2v) is 9.31. The van der Waals surface area contributed by atoms with E-state index in [2.05, 4.69) is 20.6 Å². The average molecular weight is 477 g/mol. The number of rotatable bonds is 6. The first-order valence-electron chi connectivity index (χ1n) is 10.0. The summed E-state index contributed by atoms with van der Waals surface area (Å²) in [5, 5.41) is 7.69. The van der Waals surface area contributed by atoms with Crippen LogP contribution in [0.25, 0.3) is 16.2 Å². The topological polar surface area (TPSA) is 107 Å². The summed E-state index contributed by atoms with van der Waals surface area (Å²) >= 11 is 2.87. The highest BCUT2D eigenvalue weighted by Gasteiger charge is 2.16. The smallest absolute Gasteiger partial charge is 0.265 e. The number of aromatic nitrogens is 3. The van der Waals surface area contributed by atoms with Crippen LogP contribution in [0.5, 0.6) is 5.75 Å². The van der Waals surface area contributed by atoms with Gasteiger partial charge in [0.1, 0.15) is 11.4 Å². The fourth-order valence-electron chi connectivity index (χ4n) is 3.44. The second-order valence-electron chi connectivity index (χ2n) is 7.20. The Kier molecular flexibility index (Phi) is 5.45. The van der Waals surface area contributed by atoms with E-state index in [0.29, 0.717) is 16.3 Å². The van der Waals surface area contributed by atoms with Crippen molar-refractivity contribution in [3.05, 3.63) is 71.5 Å². The summed E-state index contributed by atoms with van der Waals surface area (Å²) in [6, 6.07) is 14.6. The summed E-state index contributed by atoms with van der Waals surface area (Å²) in [6.45, 7) is 1.98. The Morgan fingerprint density at radius 2 is 2.00 bits per heavy atom. The van der Waals surface area contributed by atoms with Gasteiger partial charge in [-0.1, -0.05) is 23.5 Å². The van der Waals surface area contributed by atoms with Crippen molar-refractivity contribution in [2.45, 2.75) is 6.92 Å². The van der Waals surface area contributed by atoms with E-state index in [1.807, 2.05) is 54.0 Å². The van der Waals surface area contributed by atoms with Gasteiger partial charge >= 0.3 is 0 Å². The van der Waals surface area contributed by atoms with Gasteiger partial charge < -0.3 is 21.1 Å². The first-order chi connectivity index (χ1) is 16.0. The number of fused-ring (bicyclic) bond motifs is 1. The first-order valence-corrected chi connectivity index (χ1v) is 11.7. The minimum Gasteiger partial charge on any atom is -0.497 e. The Bertz CT molecular complexity index is 1470. The molecule has 33 heavy (non-hydrogen) atoms. The van der Waals surface area contributed by atoms with Crippen LogP contribution >= 0.6 is 22.7 Å². The minimum atomic E-state index is -0.206. The zero-order valence-electron chi connectivity index (χ0n) is 17.8. The van der Waals surface area contributed by atoms with Crippen molar-refractivity contribution >= 4 is 55.7 Å². The molecule has 5 rings (SSSR count). The monoisotopic (exact) mass is 476 g/mol. The van der Waals surface area contributed by atoms with Crippen LogP contribution < -0.4 is 21.1 Å². The molecule has 0 aliphatic rings. The Hall–Kier alpha value is -3.89. The van der Waals surface area contributed by atoms with E-state index >= 15 is 0 Å².